The van der Waals surface area contributed by atoms with Crippen molar-refractivity contribution < 1.29 is 9.32 Å². The smallest absolute Gasteiger partial charge is 0.257 e. The molecule has 2 heterocycles. The third-order valence-electron chi connectivity index (χ3n) is 5.19. The first-order valence-corrected chi connectivity index (χ1v) is 10.5. The van der Waals surface area contributed by atoms with Crippen LogP contribution in [0.25, 0.3) is 11.5 Å². The fourth-order valence-corrected chi connectivity index (χ4v) is 3.95. The number of anilines is 1. The molecule has 1 aromatic heterocycles. The monoisotopic (exact) mass is 454 g/mol. The number of carbonyl (C=O) groups is 1. The van der Waals surface area contributed by atoms with E-state index in [0.29, 0.717) is 18.3 Å². The Balaban J connectivity index is 1.30. The second kappa shape index (κ2) is 8.88. The number of rotatable bonds is 5. The molecule has 150 valence electrons. The first-order chi connectivity index (χ1) is 14.1. The number of aryl methyl sites for hydroxylation is 1. The highest BCUT2D eigenvalue weighted by molar-refractivity contribution is 9.10. The molecule has 1 N–H and O–H groups in total. The lowest BCUT2D eigenvalue weighted by Gasteiger charge is -2.30. The first kappa shape index (κ1) is 19.8. The second-order valence-electron chi connectivity index (χ2n) is 7.40. The van der Waals surface area contributed by atoms with Gasteiger partial charge in [-0.05, 0) is 73.1 Å². The molecule has 7 heteroatoms. The summed E-state index contributed by atoms with van der Waals surface area (Å²) in [5, 5.41) is 7.15. The zero-order chi connectivity index (χ0) is 20.2. The third kappa shape index (κ3) is 4.92. The molecule has 1 aliphatic heterocycles. The van der Waals surface area contributed by atoms with E-state index in [4.69, 9.17) is 4.52 Å². The molecule has 4 rings (SSSR count). The van der Waals surface area contributed by atoms with E-state index in [0.717, 1.165) is 47.2 Å². The first-order valence-electron chi connectivity index (χ1n) is 9.76. The lowest BCUT2D eigenvalue weighted by atomic mass is 9.96. The fraction of sp³-hybridized carbons (Fsp3) is 0.318. The third-order valence-corrected chi connectivity index (χ3v) is 5.88. The van der Waals surface area contributed by atoms with Crippen molar-refractivity contribution in [3.05, 3.63) is 64.4 Å². The number of carbonyl (C=O) groups excluding carboxylic acids is 1. The maximum Gasteiger partial charge on any atom is 0.257 e. The van der Waals surface area contributed by atoms with Gasteiger partial charge in [0.05, 0.1) is 12.2 Å². The minimum Gasteiger partial charge on any atom is -0.334 e. The molecule has 0 atom stereocenters. The molecule has 0 aliphatic carbocycles. The van der Waals surface area contributed by atoms with Crippen LogP contribution in [0.2, 0.25) is 0 Å². The maximum atomic E-state index is 12.6. The Labute approximate surface area is 178 Å². The number of nitrogens with one attached hydrogen (secondary N) is 1. The lowest BCUT2D eigenvalue weighted by Crippen LogP contribution is -2.38. The Morgan fingerprint density at radius 1 is 1.21 bits per heavy atom. The summed E-state index contributed by atoms with van der Waals surface area (Å²) in [6.45, 7) is 4.34. The number of aromatic nitrogens is 2. The van der Waals surface area contributed by atoms with Crippen LogP contribution in [-0.4, -0.2) is 34.0 Å². The standard InChI is InChI=1S/C22H23BrN4O2/c1-15-5-4-6-17(13-15)22-25-20(26-29-22)14-27-11-9-16(10-12-27)21(28)24-19-8-3-2-7-18(19)23/h2-8,13,16H,9-12,14H2,1H3,(H,24,28). The summed E-state index contributed by atoms with van der Waals surface area (Å²) in [6.07, 6.45) is 1.64. The number of nitrogens with zero attached hydrogens (tertiary/aromatic N) is 3. The van der Waals surface area contributed by atoms with Gasteiger partial charge in [0.25, 0.3) is 5.89 Å². The Morgan fingerprint density at radius 3 is 2.76 bits per heavy atom. The van der Waals surface area contributed by atoms with E-state index in [2.05, 4.69) is 36.3 Å². The summed E-state index contributed by atoms with van der Waals surface area (Å²) in [7, 11) is 0. The summed E-state index contributed by atoms with van der Waals surface area (Å²) in [6, 6.07) is 15.7. The lowest BCUT2D eigenvalue weighted by molar-refractivity contribution is -0.121. The van der Waals surface area contributed by atoms with Gasteiger partial charge in [0.15, 0.2) is 5.82 Å². The van der Waals surface area contributed by atoms with Crippen molar-refractivity contribution in [3.63, 3.8) is 0 Å². The van der Waals surface area contributed by atoms with Gasteiger partial charge in [-0.1, -0.05) is 35.0 Å². The van der Waals surface area contributed by atoms with Crippen molar-refractivity contribution in [1.29, 1.82) is 0 Å². The predicted molar refractivity (Wildman–Crippen MR) is 115 cm³/mol. The van der Waals surface area contributed by atoms with Gasteiger partial charge < -0.3 is 9.84 Å². The molecule has 0 radical (unpaired) electrons. The summed E-state index contributed by atoms with van der Waals surface area (Å²) < 4.78 is 6.32. The molecule has 0 unspecified atom stereocenters. The minimum absolute atomic E-state index is 0.0199. The maximum absolute atomic E-state index is 12.6. The molecule has 0 bridgehead atoms. The zero-order valence-corrected chi connectivity index (χ0v) is 17.9. The van der Waals surface area contributed by atoms with E-state index >= 15 is 0 Å². The van der Waals surface area contributed by atoms with Crippen molar-refractivity contribution in [2.75, 3.05) is 18.4 Å². The van der Waals surface area contributed by atoms with Crippen molar-refractivity contribution in [2.45, 2.75) is 26.3 Å². The average molecular weight is 455 g/mol. The quantitative estimate of drug-likeness (QED) is 0.606. The zero-order valence-electron chi connectivity index (χ0n) is 16.3. The van der Waals surface area contributed by atoms with Gasteiger partial charge in [-0.2, -0.15) is 4.98 Å². The number of halogens is 1. The minimum atomic E-state index is 0.0199. The predicted octanol–water partition coefficient (Wildman–Crippen LogP) is 4.66. The van der Waals surface area contributed by atoms with Crippen molar-refractivity contribution in [1.82, 2.24) is 15.0 Å². The average Bonchev–Trinajstić information content (AvgIpc) is 3.19. The van der Waals surface area contributed by atoms with Crippen LogP contribution in [0.3, 0.4) is 0 Å². The summed E-state index contributed by atoms with van der Waals surface area (Å²) in [5.74, 6) is 1.33. The van der Waals surface area contributed by atoms with Crippen molar-refractivity contribution in [3.8, 4) is 11.5 Å². The van der Waals surface area contributed by atoms with E-state index in [1.54, 1.807) is 0 Å². The van der Waals surface area contributed by atoms with E-state index in [1.165, 1.54) is 0 Å². The van der Waals surface area contributed by atoms with Gasteiger partial charge in [0, 0.05) is 16.0 Å². The Kier molecular flexibility index (Phi) is 6.06. The topological polar surface area (TPSA) is 71.3 Å². The van der Waals surface area contributed by atoms with Gasteiger partial charge in [-0.25, -0.2) is 0 Å². The van der Waals surface area contributed by atoms with Gasteiger partial charge in [-0.15, -0.1) is 0 Å². The second-order valence-corrected chi connectivity index (χ2v) is 8.26. The molecule has 6 nitrogen and oxygen atoms in total. The Bertz CT molecular complexity index is 996. The van der Waals surface area contributed by atoms with Crippen molar-refractivity contribution in [2.24, 2.45) is 5.92 Å². The van der Waals surface area contributed by atoms with Gasteiger partial charge in [0.1, 0.15) is 0 Å². The van der Waals surface area contributed by atoms with Crippen LogP contribution < -0.4 is 5.32 Å². The van der Waals surface area contributed by atoms with Gasteiger partial charge >= 0.3 is 0 Å². The summed E-state index contributed by atoms with van der Waals surface area (Å²) in [4.78, 5) is 19.4. The molecule has 1 fully saturated rings. The van der Waals surface area contributed by atoms with E-state index in [1.807, 2.05) is 55.5 Å². The van der Waals surface area contributed by atoms with Crippen LogP contribution in [0.15, 0.2) is 57.5 Å². The van der Waals surface area contributed by atoms with Crippen LogP contribution in [0.4, 0.5) is 5.69 Å². The number of hydrogen-bond donors (Lipinski definition) is 1. The van der Waals surface area contributed by atoms with Crippen LogP contribution in [0.1, 0.15) is 24.2 Å². The van der Waals surface area contributed by atoms with Crippen LogP contribution in [0.5, 0.6) is 0 Å². The normalized spacial score (nSPS) is 15.4. The highest BCUT2D eigenvalue weighted by Crippen LogP contribution is 2.25. The molecule has 2 aromatic carbocycles. The van der Waals surface area contributed by atoms with Crippen LogP contribution in [-0.2, 0) is 11.3 Å². The molecule has 0 spiro atoms. The number of amides is 1. The molecule has 0 saturated carbocycles. The molecule has 1 amide bonds. The SMILES string of the molecule is Cc1cccc(-c2nc(CN3CCC(C(=O)Nc4ccccc4Br)CC3)no2)c1. The number of para-hydroxylation sites is 1. The summed E-state index contributed by atoms with van der Waals surface area (Å²) >= 11 is 3.47. The molecule has 29 heavy (non-hydrogen) atoms. The highest BCUT2D eigenvalue weighted by atomic mass is 79.9. The number of likely N-dealkylation sites (tertiary alicyclic amines) is 1. The van der Waals surface area contributed by atoms with Crippen LogP contribution >= 0.6 is 15.9 Å². The van der Waals surface area contributed by atoms with E-state index in [9.17, 15) is 4.79 Å². The number of hydrogen-bond acceptors (Lipinski definition) is 5. The van der Waals surface area contributed by atoms with E-state index < -0.39 is 0 Å². The van der Waals surface area contributed by atoms with Crippen molar-refractivity contribution >= 4 is 27.5 Å². The fourth-order valence-electron chi connectivity index (χ4n) is 3.56. The largest absolute Gasteiger partial charge is 0.334 e. The molecular formula is C22H23BrN4O2. The Morgan fingerprint density at radius 2 is 2.00 bits per heavy atom. The molecule has 1 aliphatic rings. The molecule has 1 saturated heterocycles. The Hall–Kier alpha value is -2.51. The highest BCUT2D eigenvalue weighted by Gasteiger charge is 2.26. The van der Waals surface area contributed by atoms with Gasteiger partial charge in [0.2, 0.25) is 5.91 Å². The van der Waals surface area contributed by atoms with Gasteiger partial charge in [-0.3, -0.25) is 9.69 Å². The molecular weight excluding hydrogens is 432 g/mol. The number of piperidine rings is 1. The molecule has 3 aromatic rings. The van der Waals surface area contributed by atoms with E-state index in [-0.39, 0.29) is 11.8 Å². The number of benzene rings is 2. The summed E-state index contributed by atoms with van der Waals surface area (Å²) in [5.41, 5.74) is 2.91. The van der Waals surface area contributed by atoms with Crippen LogP contribution in [0, 0.1) is 12.8 Å².